The van der Waals surface area contributed by atoms with Crippen molar-refractivity contribution < 1.29 is 4.79 Å². The van der Waals surface area contributed by atoms with Gasteiger partial charge in [-0.1, -0.05) is 65.9 Å². The second kappa shape index (κ2) is 9.84. The second-order valence-corrected chi connectivity index (χ2v) is 8.22. The summed E-state index contributed by atoms with van der Waals surface area (Å²) in [6.07, 6.45) is 3.19. The first kappa shape index (κ1) is 20.5. The number of hydrogen-bond donors (Lipinski definition) is 4. The molecule has 0 fully saturated rings. The molecule has 0 bridgehead atoms. The number of hydrazine groups is 1. The molecule has 1 aromatic heterocycles. The first-order valence-electron chi connectivity index (χ1n) is 9.48. The van der Waals surface area contributed by atoms with Gasteiger partial charge in [0.25, 0.3) is 0 Å². The number of hydrogen-bond acceptors (Lipinski definition) is 6. The van der Waals surface area contributed by atoms with E-state index in [2.05, 4.69) is 50.6 Å². The summed E-state index contributed by atoms with van der Waals surface area (Å²) in [5.74, 6) is -0.263. The maximum absolute atomic E-state index is 11.9. The molecule has 31 heavy (non-hydrogen) atoms. The summed E-state index contributed by atoms with van der Waals surface area (Å²) in [6, 6.07) is 26.2. The Bertz CT molecular complexity index is 1230. The fourth-order valence-corrected chi connectivity index (χ4v) is 3.59. The normalized spacial score (nSPS) is 10.7. The third-order valence-corrected chi connectivity index (χ3v) is 5.35. The van der Waals surface area contributed by atoms with Crippen LogP contribution < -0.4 is 16.2 Å². The van der Waals surface area contributed by atoms with Crippen molar-refractivity contribution >= 4 is 52.0 Å². The molecule has 8 heteroatoms. The lowest BCUT2D eigenvalue weighted by molar-refractivity contribution is -0.111. The van der Waals surface area contributed by atoms with Crippen LogP contribution in [0.2, 0.25) is 0 Å². The van der Waals surface area contributed by atoms with Gasteiger partial charge in [-0.05, 0) is 59.2 Å². The summed E-state index contributed by atoms with van der Waals surface area (Å²) >= 11 is 6.15. The van der Waals surface area contributed by atoms with E-state index >= 15 is 0 Å². The number of benzene rings is 3. The number of nitrogens with zero attached hydrogens (tertiary/aromatic N) is 1. The molecular weight excluding hydrogens is 426 g/mol. The number of carbonyl (C=O) groups is 1. The third-order valence-electron chi connectivity index (χ3n) is 4.35. The van der Waals surface area contributed by atoms with E-state index in [0.29, 0.717) is 9.09 Å². The minimum atomic E-state index is -0.263. The molecular formula is C23H19N5OS2. The first-order valence-corrected chi connectivity index (χ1v) is 10.7. The number of aromatic amines is 1. The fourth-order valence-electron chi connectivity index (χ4n) is 2.80. The molecule has 3 aromatic carbocycles. The Morgan fingerprint density at radius 1 is 0.871 bits per heavy atom. The Morgan fingerprint density at radius 2 is 1.48 bits per heavy atom. The van der Waals surface area contributed by atoms with Crippen molar-refractivity contribution in [3.8, 4) is 11.1 Å². The van der Waals surface area contributed by atoms with Crippen LogP contribution in [-0.2, 0) is 4.79 Å². The van der Waals surface area contributed by atoms with E-state index in [1.54, 1.807) is 6.08 Å². The minimum absolute atomic E-state index is 0.263. The van der Waals surface area contributed by atoms with E-state index in [4.69, 9.17) is 12.2 Å². The van der Waals surface area contributed by atoms with Gasteiger partial charge in [-0.3, -0.25) is 15.2 Å². The Kier molecular flexibility index (Phi) is 6.51. The van der Waals surface area contributed by atoms with Gasteiger partial charge in [0.1, 0.15) is 0 Å². The summed E-state index contributed by atoms with van der Waals surface area (Å²) in [5.41, 5.74) is 11.5. The molecule has 6 nitrogen and oxygen atoms in total. The number of anilines is 3. The number of carbonyl (C=O) groups excluding carboxylic acids is 1. The zero-order valence-electron chi connectivity index (χ0n) is 16.3. The number of nitrogens with one attached hydrogen (secondary N) is 4. The molecule has 1 amide bonds. The lowest BCUT2D eigenvalue weighted by Gasteiger charge is -2.11. The average molecular weight is 446 g/mol. The molecule has 4 rings (SSSR count). The SMILES string of the molecule is O=C(/C=C/c1ccc(NNc2ccc(-c3ccccc3)cc2)cc1)Nc1n[nH]c(=S)s1. The lowest BCUT2D eigenvalue weighted by Crippen LogP contribution is -2.08. The molecule has 0 aliphatic carbocycles. The smallest absolute Gasteiger partial charge is 0.250 e. The minimum Gasteiger partial charge on any atom is -0.301 e. The van der Waals surface area contributed by atoms with Crippen LogP contribution in [0.5, 0.6) is 0 Å². The predicted octanol–water partition coefficient (Wildman–Crippen LogP) is 5.96. The van der Waals surface area contributed by atoms with E-state index in [1.165, 1.54) is 28.5 Å². The molecule has 0 aliphatic heterocycles. The van der Waals surface area contributed by atoms with Crippen molar-refractivity contribution in [3.05, 3.63) is 94.5 Å². The number of rotatable bonds is 7. The molecule has 0 aliphatic rings. The highest BCUT2D eigenvalue weighted by Crippen LogP contribution is 2.21. The van der Waals surface area contributed by atoms with Crippen molar-refractivity contribution in [2.24, 2.45) is 0 Å². The van der Waals surface area contributed by atoms with Crippen LogP contribution in [-0.4, -0.2) is 16.1 Å². The molecule has 0 atom stereocenters. The molecule has 1 heterocycles. The monoisotopic (exact) mass is 445 g/mol. The highest BCUT2D eigenvalue weighted by Gasteiger charge is 2.01. The first-order chi connectivity index (χ1) is 15.2. The zero-order chi connectivity index (χ0) is 21.5. The van der Waals surface area contributed by atoms with Crippen LogP contribution in [0.1, 0.15) is 5.56 Å². The van der Waals surface area contributed by atoms with Gasteiger partial charge in [-0.25, -0.2) is 0 Å². The third kappa shape index (κ3) is 5.88. The zero-order valence-corrected chi connectivity index (χ0v) is 18.0. The van der Waals surface area contributed by atoms with E-state index in [9.17, 15) is 4.79 Å². The summed E-state index contributed by atoms with van der Waals surface area (Å²) in [4.78, 5) is 11.9. The van der Waals surface area contributed by atoms with Crippen molar-refractivity contribution in [2.75, 3.05) is 16.2 Å². The summed E-state index contributed by atoms with van der Waals surface area (Å²) in [7, 11) is 0. The van der Waals surface area contributed by atoms with Gasteiger partial charge in [0.2, 0.25) is 11.0 Å². The fraction of sp³-hybridized carbons (Fsp3) is 0. The molecule has 0 saturated heterocycles. The predicted molar refractivity (Wildman–Crippen MR) is 131 cm³/mol. The summed E-state index contributed by atoms with van der Waals surface area (Å²) in [6.45, 7) is 0. The van der Waals surface area contributed by atoms with E-state index in [-0.39, 0.29) is 5.91 Å². The quantitative estimate of drug-likeness (QED) is 0.160. The number of H-pyrrole nitrogens is 1. The molecule has 4 aromatic rings. The summed E-state index contributed by atoms with van der Waals surface area (Å²) < 4.78 is 0.517. The Hall–Kier alpha value is -3.75. The van der Waals surface area contributed by atoms with Gasteiger partial charge in [0.15, 0.2) is 3.95 Å². The summed E-state index contributed by atoms with van der Waals surface area (Å²) in [5, 5.41) is 9.62. The van der Waals surface area contributed by atoms with Gasteiger partial charge in [-0.15, -0.1) is 5.10 Å². The molecule has 0 radical (unpaired) electrons. The largest absolute Gasteiger partial charge is 0.301 e. The highest BCUT2D eigenvalue weighted by molar-refractivity contribution is 7.73. The second-order valence-electron chi connectivity index (χ2n) is 6.56. The molecule has 0 saturated carbocycles. The Balaban J connectivity index is 1.29. The van der Waals surface area contributed by atoms with Crippen molar-refractivity contribution in [1.82, 2.24) is 10.2 Å². The van der Waals surface area contributed by atoms with Gasteiger partial charge >= 0.3 is 0 Å². The van der Waals surface area contributed by atoms with Crippen LogP contribution in [0.4, 0.5) is 16.5 Å². The Labute approximate surface area is 188 Å². The van der Waals surface area contributed by atoms with Crippen molar-refractivity contribution in [1.29, 1.82) is 0 Å². The maximum Gasteiger partial charge on any atom is 0.250 e. The van der Waals surface area contributed by atoms with Gasteiger partial charge in [-0.2, -0.15) is 0 Å². The van der Waals surface area contributed by atoms with Crippen LogP contribution in [0, 0.1) is 3.95 Å². The topological polar surface area (TPSA) is 81.8 Å². The molecule has 0 unspecified atom stereocenters. The number of aromatic nitrogens is 2. The lowest BCUT2D eigenvalue weighted by atomic mass is 10.1. The van der Waals surface area contributed by atoms with E-state index in [1.807, 2.05) is 54.6 Å². The van der Waals surface area contributed by atoms with Crippen LogP contribution in [0.15, 0.2) is 84.9 Å². The van der Waals surface area contributed by atoms with Gasteiger partial charge in [0.05, 0.1) is 11.4 Å². The van der Waals surface area contributed by atoms with Crippen molar-refractivity contribution in [2.45, 2.75) is 0 Å². The van der Waals surface area contributed by atoms with E-state index < -0.39 is 0 Å². The average Bonchev–Trinajstić information content (AvgIpc) is 3.22. The standard InChI is InChI=1S/C23H19N5OS2/c29-21(24-22-27-28-23(30)31-22)15-8-16-6-11-19(12-7-16)25-26-20-13-9-18(10-14-20)17-4-2-1-3-5-17/h1-15,25-26H,(H,28,30)(H,24,27,29)/b15-8+. The van der Waals surface area contributed by atoms with Crippen LogP contribution in [0.3, 0.4) is 0 Å². The molecule has 0 spiro atoms. The van der Waals surface area contributed by atoms with Crippen LogP contribution >= 0.6 is 23.6 Å². The van der Waals surface area contributed by atoms with Crippen LogP contribution in [0.25, 0.3) is 17.2 Å². The van der Waals surface area contributed by atoms with Gasteiger partial charge < -0.3 is 10.9 Å². The van der Waals surface area contributed by atoms with Gasteiger partial charge in [0, 0.05) is 6.08 Å². The Morgan fingerprint density at radius 3 is 2.10 bits per heavy atom. The number of amides is 1. The van der Waals surface area contributed by atoms with Crippen molar-refractivity contribution in [3.63, 3.8) is 0 Å². The highest BCUT2D eigenvalue weighted by atomic mass is 32.1. The molecule has 4 N–H and O–H groups in total. The molecule has 154 valence electrons. The maximum atomic E-state index is 11.9. The van der Waals surface area contributed by atoms with E-state index in [0.717, 1.165) is 16.9 Å².